The van der Waals surface area contributed by atoms with Gasteiger partial charge in [-0.15, -0.1) is 11.3 Å². The number of carbonyl (C=O) groups excluding carboxylic acids is 2. The number of nitriles is 1. The fourth-order valence-electron chi connectivity index (χ4n) is 2.01. The van der Waals surface area contributed by atoms with Gasteiger partial charge in [-0.25, -0.2) is 9.78 Å². The number of ether oxygens (including phenoxy) is 1. The van der Waals surface area contributed by atoms with Gasteiger partial charge in [-0.1, -0.05) is 19.9 Å². The number of rotatable bonds is 6. The van der Waals surface area contributed by atoms with Crippen LogP contribution in [0.3, 0.4) is 0 Å². The summed E-state index contributed by atoms with van der Waals surface area (Å²) in [5.41, 5.74) is 0.167. The molecule has 26 heavy (non-hydrogen) atoms. The minimum absolute atomic E-state index is 0.0863. The normalized spacial score (nSPS) is 12.9. The van der Waals surface area contributed by atoms with E-state index in [1.54, 1.807) is 32.2 Å². The first-order valence-electron chi connectivity index (χ1n) is 8.05. The zero-order chi connectivity index (χ0) is 19.3. The Morgan fingerprint density at radius 2 is 2.15 bits per heavy atom. The molecular formula is C18H20N4O3S. The quantitative estimate of drug-likeness (QED) is 0.782. The third-order valence-electron chi connectivity index (χ3n) is 3.99. The Kier molecular flexibility index (Phi) is 6.05. The number of thiazole rings is 1. The molecule has 2 rings (SSSR count). The Bertz CT molecular complexity index is 842. The number of aromatic nitrogens is 2. The van der Waals surface area contributed by atoms with E-state index < -0.39 is 24.0 Å². The van der Waals surface area contributed by atoms with Gasteiger partial charge in [0.15, 0.2) is 6.61 Å². The summed E-state index contributed by atoms with van der Waals surface area (Å²) in [7, 11) is 0. The van der Waals surface area contributed by atoms with Crippen molar-refractivity contribution in [2.75, 3.05) is 6.61 Å². The van der Waals surface area contributed by atoms with Crippen LogP contribution in [0.2, 0.25) is 0 Å². The number of pyridine rings is 1. The van der Waals surface area contributed by atoms with E-state index in [0.717, 1.165) is 11.3 Å². The van der Waals surface area contributed by atoms with Crippen LogP contribution in [0.15, 0.2) is 24.4 Å². The first-order chi connectivity index (χ1) is 12.3. The van der Waals surface area contributed by atoms with Crippen molar-refractivity contribution < 1.29 is 14.3 Å². The van der Waals surface area contributed by atoms with E-state index in [-0.39, 0.29) is 5.92 Å². The molecule has 0 radical (unpaired) electrons. The molecule has 2 aromatic rings. The number of nitrogens with zero attached hydrogens (tertiary/aromatic N) is 3. The summed E-state index contributed by atoms with van der Waals surface area (Å²) in [6, 6.07) is 7.50. The van der Waals surface area contributed by atoms with E-state index in [2.05, 4.69) is 21.4 Å². The summed E-state index contributed by atoms with van der Waals surface area (Å²) in [4.78, 5) is 33.1. The van der Waals surface area contributed by atoms with Gasteiger partial charge in [-0.3, -0.25) is 9.78 Å². The lowest BCUT2D eigenvalue weighted by molar-refractivity contribution is -0.125. The van der Waals surface area contributed by atoms with Gasteiger partial charge in [-0.05, 0) is 31.9 Å². The van der Waals surface area contributed by atoms with Gasteiger partial charge in [-0.2, -0.15) is 5.26 Å². The summed E-state index contributed by atoms with van der Waals surface area (Å²) in [6.07, 6.45) is 1.65. The van der Waals surface area contributed by atoms with E-state index in [1.807, 2.05) is 19.9 Å². The molecule has 0 aliphatic heterocycles. The molecule has 1 N–H and O–H groups in total. The zero-order valence-corrected chi connectivity index (χ0v) is 15.9. The van der Waals surface area contributed by atoms with E-state index >= 15 is 0 Å². The van der Waals surface area contributed by atoms with Crippen molar-refractivity contribution in [2.24, 2.45) is 5.92 Å². The molecule has 0 unspecified atom stereocenters. The number of esters is 1. The summed E-state index contributed by atoms with van der Waals surface area (Å²) < 4.78 is 5.08. The molecule has 8 heteroatoms. The highest BCUT2D eigenvalue weighted by atomic mass is 32.1. The maximum Gasteiger partial charge on any atom is 0.350 e. The summed E-state index contributed by atoms with van der Waals surface area (Å²) in [6.45, 7) is 6.53. The van der Waals surface area contributed by atoms with Gasteiger partial charge in [0, 0.05) is 6.20 Å². The Morgan fingerprint density at radius 1 is 1.42 bits per heavy atom. The van der Waals surface area contributed by atoms with Crippen LogP contribution >= 0.6 is 11.3 Å². The van der Waals surface area contributed by atoms with Crippen LogP contribution in [0.1, 0.15) is 36.1 Å². The van der Waals surface area contributed by atoms with Gasteiger partial charge in [0.2, 0.25) is 0 Å². The van der Waals surface area contributed by atoms with Gasteiger partial charge in [0.25, 0.3) is 5.91 Å². The van der Waals surface area contributed by atoms with Crippen molar-refractivity contribution in [3.8, 4) is 16.8 Å². The molecule has 0 fully saturated rings. The predicted molar refractivity (Wildman–Crippen MR) is 97.4 cm³/mol. The van der Waals surface area contributed by atoms with Gasteiger partial charge < -0.3 is 10.1 Å². The lowest BCUT2D eigenvalue weighted by Crippen LogP contribution is -2.50. The highest BCUT2D eigenvalue weighted by molar-refractivity contribution is 7.17. The summed E-state index contributed by atoms with van der Waals surface area (Å²) in [5.74, 6) is -1.24. The van der Waals surface area contributed by atoms with Gasteiger partial charge >= 0.3 is 5.97 Å². The first kappa shape index (κ1) is 19.5. The molecule has 0 spiro atoms. The van der Waals surface area contributed by atoms with Crippen molar-refractivity contribution in [3.05, 3.63) is 35.0 Å². The second-order valence-electron chi connectivity index (χ2n) is 6.24. The highest BCUT2D eigenvalue weighted by Crippen LogP contribution is 2.26. The SMILES string of the molecule is Cc1nc(-c2ccccn2)sc1C(=O)OCC(=O)N[C@](C)(C#N)C(C)C. The lowest BCUT2D eigenvalue weighted by Gasteiger charge is -2.27. The molecule has 7 nitrogen and oxygen atoms in total. The predicted octanol–water partition coefficient (Wildman–Crippen LogP) is 2.72. The van der Waals surface area contributed by atoms with Crippen molar-refractivity contribution in [1.29, 1.82) is 5.26 Å². The Labute approximate surface area is 156 Å². The molecule has 0 bridgehead atoms. The van der Waals surface area contributed by atoms with Crippen molar-refractivity contribution >= 4 is 23.2 Å². The van der Waals surface area contributed by atoms with Crippen LogP contribution < -0.4 is 5.32 Å². The van der Waals surface area contributed by atoms with E-state index in [1.165, 1.54) is 0 Å². The second-order valence-corrected chi connectivity index (χ2v) is 7.24. The van der Waals surface area contributed by atoms with Crippen LogP contribution in [0.5, 0.6) is 0 Å². The van der Waals surface area contributed by atoms with Crippen molar-refractivity contribution in [1.82, 2.24) is 15.3 Å². The van der Waals surface area contributed by atoms with Gasteiger partial charge in [0.05, 0.1) is 17.5 Å². The molecule has 1 amide bonds. The minimum atomic E-state index is -1.02. The Morgan fingerprint density at radius 3 is 2.73 bits per heavy atom. The number of amides is 1. The average Bonchev–Trinajstić information content (AvgIpc) is 3.02. The smallest absolute Gasteiger partial charge is 0.350 e. The van der Waals surface area contributed by atoms with Gasteiger partial charge in [0.1, 0.15) is 15.4 Å². The number of hydrogen-bond donors (Lipinski definition) is 1. The largest absolute Gasteiger partial charge is 0.451 e. The highest BCUT2D eigenvalue weighted by Gasteiger charge is 2.30. The molecule has 2 aromatic heterocycles. The van der Waals surface area contributed by atoms with Crippen molar-refractivity contribution in [2.45, 2.75) is 33.2 Å². The van der Waals surface area contributed by atoms with Crippen LogP contribution in [0.25, 0.3) is 10.7 Å². The Balaban J connectivity index is 2.02. The number of aryl methyl sites for hydroxylation is 1. The monoisotopic (exact) mass is 372 g/mol. The molecule has 0 saturated carbocycles. The molecule has 0 saturated heterocycles. The average molecular weight is 372 g/mol. The third kappa shape index (κ3) is 4.43. The standard InChI is InChI=1S/C18H20N4O3S/c1-11(2)18(4,10-19)22-14(23)9-25-17(24)15-12(3)21-16(26-15)13-7-5-6-8-20-13/h5-8,11H,9H2,1-4H3,(H,22,23)/t18-/m1/s1. The van der Waals surface area contributed by atoms with E-state index in [4.69, 9.17) is 4.74 Å². The van der Waals surface area contributed by atoms with E-state index in [0.29, 0.717) is 21.3 Å². The summed E-state index contributed by atoms with van der Waals surface area (Å²) in [5, 5.41) is 12.4. The van der Waals surface area contributed by atoms with Crippen LogP contribution in [0, 0.1) is 24.2 Å². The van der Waals surface area contributed by atoms with Crippen LogP contribution in [-0.2, 0) is 9.53 Å². The topological polar surface area (TPSA) is 105 Å². The molecule has 0 aliphatic rings. The molecule has 136 valence electrons. The third-order valence-corrected chi connectivity index (χ3v) is 5.15. The maximum atomic E-state index is 12.3. The first-order valence-corrected chi connectivity index (χ1v) is 8.86. The van der Waals surface area contributed by atoms with E-state index in [9.17, 15) is 14.9 Å². The fourth-order valence-corrected chi connectivity index (χ4v) is 2.95. The molecule has 1 atom stereocenters. The van der Waals surface area contributed by atoms with Crippen LogP contribution in [-0.4, -0.2) is 34.0 Å². The molecule has 0 aliphatic carbocycles. The minimum Gasteiger partial charge on any atom is -0.451 e. The molecular weight excluding hydrogens is 352 g/mol. The zero-order valence-electron chi connectivity index (χ0n) is 15.1. The lowest BCUT2D eigenvalue weighted by atomic mass is 9.90. The van der Waals surface area contributed by atoms with Crippen LogP contribution in [0.4, 0.5) is 0 Å². The Hall–Kier alpha value is -2.79. The molecule has 0 aromatic carbocycles. The maximum absolute atomic E-state index is 12.3. The second kappa shape index (κ2) is 8.06. The fraction of sp³-hybridized carbons (Fsp3) is 0.389. The number of nitrogens with one attached hydrogen (secondary N) is 1. The number of hydrogen-bond acceptors (Lipinski definition) is 7. The number of carbonyl (C=O) groups is 2. The summed E-state index contributed by atoms with van der Waals surface area (Å²) >= 11 is 1.16. The van der Waals surface area contributed by atoms with Crippen molar-refractivity contribution in [3.63, 3.8) is 0 Å². The molecule has 2 heterocycles.